The molecule has 1 heterocycles. The first-order valence-corrected chi connectivity index (χ1v) is 6.98. The van der Waals surface area contributed by atoms with E-state index < -0.39 is 4.92 Å². The quantitative estimate of drug-likeness (QED) is 0.474. The molecular formula is C11H10BrClN4O2. The standard InChI is InChI=1S/C11H10BrClN4O2/c12-4-3-10-7-16(15-14-10)6-8-1-2-9(13)5-11(8)17(18)19/h1-2,5,7H,3-4,6H2. The van der Waals surface area contributed by atoms with Gasteiger partial charge in [0.2, 0.25) is 0 Å². The zero-order valence-corrected chi connectivity index (χ0v) is 12.1. The highest BCUT2D eigenvalue weighted by Gasteiger charge is 2.15. The number of halogens is 2. The van der Waals surface area contributed by atoms with Crippen LogP contribution in [0.4, 0.5) is 5.69 Å². The lowest BCUT2D eigenvalue weighted by atomic mass is 10.2. The molecule has 0 N–H and O–H groups in total. The van der Waals surface area contributed by atoms with Crippen LogP contribution in [0.25, 0.3) is 0 Å². The number of nitro benzene ring substituents is 1. The van der Waals surface area contributed by atoms with Gasteiger partial charge in [0, 0.05) is 29.0 Å². The number of hydrogen-bond donors (Lipinski definition) is 0. The third-order valence-electron chi connectivity index (χ3n) is 2.51. The van der Waals surface area contributed by atoms with Crippen molar-refractivity contribution in [2.75, 3.05) is 5.33 Å². The van der Waals surface area contributed by atoms with E-state index >= 15 is 0 Å². The molecule has 0 aliphatic rings. The molecule has 1 aromatic carbocycles. The fraction of sp³-hybridized carbons (Fsp3) is 0.273. The van der Waals surface area contributed by atoms with Crippen molar-refractivity contribution < 1.29 is 4.92 Å². The summed E-state index contributed by atoms with van der Waals surface area (Å²) in [6.45, 7) is 0.294. The fourth-order valence-electron chi connectivity index (χ4n) is 1.64. The highest BCUT2D eigenvalue weighted by atomic mass is 79.9. The number of hydrogen-bond acceptors (Lipinski definition) is 4. The largest absolute Gasteiger partial charge is 0.275 e. The van der Waals surface area contributed by atoms with Gasteiger partial charge in [-0.2, -0.15) is 0 Å². The zero-order chi connectivity index (χ0) is 13.8. The van der Waals surface area contributed by atoms with Gasteiger partial charge in [-0.05, 0) is 12.1 Å². The molecule has 2 aromatic rings. The predicted molar refractivity (Wildman–Crippen MR) is 74.7 cm³/mol. The normalized spacial score (nSPS) is 10.6. The Balaban J connectivity index is 2.24. The molecule has 0 bridgehead atoms. The van der Waals surface area contributed by atoms with Crippen molar-refractivity contribution in [1.82, 2.24) is 15.0 Å². The summed E-state index contributed by atoms with van der Waals surface area (Å²) < 4.78 is 1.58. The van der Waals surface area contributed by atoms with Gasteiger partial charge in [-0.3, -0.25) is 10.1 Å². The molecule has 0 radical (unpaired) electrons. The molecule has 1 aromatic heterocycles. The molecule has 0 spiro atoms. The summed E-state index contributed by atoms with van der Waals surface area (Å²) in [6, 6.07) is 4.60. The van der Waals surface area contributed by atoms with E-state index in [4.69, 9.17) is 11.6 Å². The van der Waals surface area contributed by atoms with Gasteiger partial charge in [0.1, 0.15) is 0 Å². The molecular weight excluding hydrogens is 336 g/mol. The van der Waals surface area contributed by atoms with Gasteiger partial charge >= 0.3 is 0 Å². The number of aryl methyl sites for hydroxylation is 1. The van der Waals surface area contributed by atoms with E-state index in [0.29, 0.717) is 17.1 Å². The SMILES string of the molecule is O=[N+]([O-])c1cc(Cl)ccc1Cn1cc(CCBr)nn1. The lowest BCUT2D eigenvalue weighted by molar-refractivity contribution is -0.385. The molecule has 8 heteroatoms. The Hall–Kier alpha value is -1.47. The first-order valence-electron chi connectivity index (χ1n) is 5.48. The first kappa shape index (κ1) is 14.0. The van der Waals surface area contributed by atoms with Crippen LogP contribution in [0.1, 0.15) is 11.3 Å². The van der Waals surface area contributed by atoms with Crippen molar-refractivity contribution in [3.8, 4) is 0 Å². The average Bonchev–Trinajstić information content (AvgIpc) is 2.79. The van der Waals surface area contributed by atoms with E-state index in [1.165, 1.54) is 6.07 Å². The second kappa shape index (κ2) is 6.12. The van der Waals surface area contributed by atoms with Gasteiger partial charge in [0.05, 0.1) is 22.7 Å². The Morgan fingerprint density at radius 2 is 2.26 bits per heavy atom. The number of nitrogens with zero attached hydrogens (tertiary/aromatic N) is 4. The minimum atomic E-state index is -0.447. The Bertz CT molecular complexity index is 602. The lowest BCUT2D eigenvalue weighted by Crippen LogP contribution is -2.04. The van der Waals surface area contributed by atoms with Crippen molar-refractivity contribution in [3.63, 3.8) is 0 Å². The van der Waals surface area contributed by atoms with Crippen LogP contribution < -0.4 is 0 Å². The summed E-state index contributed by atoms with van der Waals surface area (Å²) in [5.74, 6) is 0. The molecule has 0 unspecified atom stereocenters. The van der Waals surface area contributed by atoms with E-state index in [1.54, 1.807) is 23.0 Å². The minimum absolute atomic E-state index is 0.00922. The molecule has 0 saturated heterocycles. The van der Waals surface area contributed by atoms with Crippen molar-refractivity contribution in [3.05, 3.63) is 50.8 Å². The van der Waals surface area contributed by atoms with Crippen molar-refractivity contribution in [1.29, 1.82) is 0 Å². The molecule has 0 aliphatic carbocycles. The van der Waals surface area contributed by atoms with Crippen LogP contribution in [0.5, 0.6) is 0 Å². The summed E-state index contributed by atoms with van der Waals surface area (Å²) in [6.07, 6.45) is 2.54. The lowest BCUT2D eigenvalue weighted by Gasteiger charge is -2.03. The van der Waals surface area contributed by atoms with Gasteiger partial charge in [-0.25, -0.2) is 4.68 Å². The molecule has 19 heavy (non-hydrogen) atoms. The van der Waals surface area contributed by atoms with Gasteiger partial charge in [-0.15, -0.1) is 5.10 Å². The van der Waals surface area contributed by atoms with Crippen LogP contribution in [0, 0.1) is 10.1 Å². The molecule has 0 amide bonds. The van der Waals surface area contributed by atoms with Gasteiger partial charge in [-0.1, -0.05) is 32.7 Å². The third-order valence-corrected chi connectivity index (χ3v) is 3.14. The summed E-state index contributed by atoms with van der Waals surface area (Å²) in [5.41, 5.74) is 1.38. The van der Waals surface area contributed by atoms with E-state index in [1.807, 2.05) is 0 Å². The van der Waals surface area contributed by atoms with Gasteiger partial charge < -0.3 is 0 Å². The first-order chi connectivity index (χ1) is 9.10. The van der Waals surface area contributed by atoms with Crippen LogP contribution in [0.2, 0.25) is 5.02 Å². The van der Waals surface area contributed by atoms with Crippen LogP contribution in [-0.4, -0.2) is 25.2 Å². The maximum atomic E-state index is 11.0. The third kappa shape index (κ3) is 3.51. The second-order valence-corrected chi connectivity index (χ2v) is 5.11. The van der Waals surface area contributed by atoms with E-state index in [2.05, 4.69) is 26.2 Å². The molecule has 6 nitrogen and oxygen atoms in total. The van der Waals surface area contributed by atoms with Gasteiger partial charge in [0.25, 0.3) is 5.69 Å². The second-order valence-electron chi connectivity index (χ2n) is 3.88. The number of nitro groups is 1. The Morgan fingerprint density at radius 1 is 1.47 bits per heavy atom. The minimum Gasteiger partial charge on any atom is -0.258 e. The van der Waals surface area contributed by atoms with Crippen LogP contribution >= 0.6 is 27.5 Å². The molecule has 100 valence electrons. The monoisotopic (exact) mass is 344 g/mol. The highest BCUT2D eigenvalue weighted by Crippen LogP contribution is 2.23. The van der Waals surface area contributed by atoms with Crippen LogP contribution in [-0.2, 0) is 13.0 Å². The summed E-state index contributed by atoms with van der Waals surface area (Å²) >= 11 is 9.08. The molecule has 0 aliphatic heterocycles. The summed E-state index contributed by atoms with van der Waals surface area (Å²) in [7, 11) is 0. The molecule has 0 atom stereocenters. The fourth-order valence-corrected chi connectivity index (χ4v) is 2.21. The number of aromatic nitrogens is 3. The maximum absolute atomic E-state index is 11.0. The number of alkyl halides is 1. The smallest absolute Gasteiger partial charge is 0.258 e. The summed E-state index contributed by atoms with van der Waals surface area (Å²) in [5, 5.41) is 20.0. The van der Waals surface area contributed by atoms with Crippen molar-refractivity contribution in [2.45, 2.75) is 13.0 Å². The Labute approximate surface area is 122 Å². The number of benzene rings is 1. The Kier molecular flexibility index (Phi) is 4.49. The van der Waals surface area contributed by atoms with Crippen LogP contribution in [0.3, 0.4) is 0 Å². The van der Waals surface area contributed by atoms with E-state index in [0.717, 1.165) is 17.4 Å². The van der Waals surface area contributed by atoms with E-state index in [-0.39, 0.29) is 5.69 Å². The molecule has 0 fully saturated rings. The average molecular weight is 346 g/mol. The number of rotatable bonds is 5. The highest BCUT2D eigenvalue weighted by molar-refractivity contribution is 9.09. The van der Waals surface area contributed by atoms with Crippen LogP contribution in [0.15, 0.2) is 24.4 Å². The zero-order valence-electron chi connectivity index (χ0n) is 9.79. The topological polar surface area (TPSA) is 73.8 Å². The summed E-state index contributed by atoms with van der Waals surface area (Å²) in [4.78, 5) is 10.5. The predicted octanol–water partition coefficient (Wildman–Crippen LogP) is 2.83. The van der Waals surface area contributed by atoms with Gasteiger partial charge in [0.15, 0.2) is 0 Å². The van der Waals surface area contributed by atoms with Crippen molar-refractivity contribution >= 4 is 33.2 Å². The Morgan fingerprint density at radius 3 is 2.95 bits per heavy atom. The molecule has 2 rings (SSSR count). The van der Waals surface area contributed by atoms with E-state index in [9.17, 15) is 10.1 Å². The molecule has 0 saturated carbocycles. The maximum Gasteiger partial charge on any atom is 0.275 e. The van der Waals surface area contributed by atoms with Crippen molar-refractivity contribution in [2.24, 2.45) is 0 Å².